The molecular weight excluding hydrogens is 274 g/mol. The first-order chi connectivity index (χ1) is 10.8. The number of hydrogen-bond donors (Lipinski definition) is 0. The average Bonchev–Trinajstić information content (AvgIpc) is 2.85. The molecule has 3 heteroatoms. The van der Waals surface area contributed by atoms with Gasteiger partial charge in [0.25, 0.3) is 5.91 Å². The molecule has 0 aliphatic carbocycles. The monoisotopic (exact) mass is 289 g/mol. The van der Waals surface area contributed by atoms with E-state index in [1.54, 1.807) is 4.90 Å². The standard InChI is InChI=1S/C19H15NO2/c21-18-16-9-4-5-10-17(16)19(20(18)13-6-14-22-19)12-11-15-7-2-1-3-8-15/h1-5,7-10H,6,13-14H2/t19-/m1/s1. The van der Waals surface area contributed by atoms with Gasteiger partial charge in [-0.05, 0) is 30.5 Å². The number of fused-ring (bicyclic) bond motifs is 3. The Bertz CT molecular complexity index is 788. The van der Waals surface area contributed by atoms with E-state index >= 15 is 0 Å². The van der Waals surface area contributed by atoms with E-state index < -0.39 is 5.72 Å². The molecule has 0 spiro atoms. The molecule has 2 aliphatic rings. The highest BCUT2D eigenvalue weighted by Gasteiger charge is 2.51. The van der Waals surface area contributed by atoms with Crippen LogP contribution in [0, 0.1) is 11.8 Å². The zero-order valence-electron chi connectivity index (χ0n) is 12.1. The molecule has 1 amide bonds. The largest absolute Gasteiger partial charge is 0.341 e. The van der Waals surface area contributed by atoms with E-state index in [4.69, 9.17) is 4.74 Å². The lowest BCUT2D eigenvalue weighted by Crippen LogP contribution is -2.49. The number of carbonyl (C=O) groups is 1. The topological polar surface area (TPSA) is 29.5 Å². The molecule has 4 rings (SSSR count). The minimum absolute atomic E-state index is 0.0117. The van der Waals surface area contributed by atoms with Gasteiger partial charge >= 0.3 is 0 Å². The Morgan fingerprint density at radius 3 is 2.68 bits per heavy atom. The Morgan fingerprint density at radius 2 is 1.82 bits per heavy atom. The van der Waals surface area contributed by atoms with Crippen molar-refractivity contribution >= 4 is 5.91 Å². The molecule has 0 saturated carbocycles. The van der Waals surface area contributed by atoms with Crippen molar-refractivity contribution < 1.29 is 9.53 Å². The van der Waals surface area contributed by atoms with Crippen molar-refractivity contribution in [2.24, 2.45) is 0 Å². The highest BCUT2D eigenvalue weighted by atomic mass is 16.5. The molecule has 3 nitrogen and oxygen atoms in total. The summed E-state index contributed by atoms with van der Waals surface area (Å²) < 4.78 is 6.04. The highest BCUT2D eigenvalue weighted by Crippen LogP contribution is 2.41. The first kappa shape index (κ1) is 13.1. The lowest BCUT2D eigenvalue weighted by atomic mass is 10.00. The van der Waals surface area contributed by atoms with Gasteiger partial charge in [-0.25, -0.2) is 0 Å². The molecule has 2 aromatic carbocycles. The summed E-state index contributed by atoms with van der Waals surface area (Å²) in [5, 5.41) is 0. The Balaban J connectivity index is 1.86. The highest BCUT2D eigenvalue weighted by molar-refractivity contribution is 6.00. The van der Waals surface area contributed by atoms with Crippen LogP contribution in [0.3, 0.4) is 0 Å². The summed E-state index contributed by atoms with van der Waals surface area (Å²) in [6.45, 7) is 1.29. The van der Waals surface area contributed by atoms with Gasteiger partial charge in [0, 0.05) is 23.2 Å². The molecule has 1 atom stereocenters. The molecule has 0 N–H and O–H groups in total. The third-order valence-corrected chi connectivity index (χ3v) is 4.13. The number of ether oxygens (including phenoxy) is 1. The Morgan fingerprint density at radius 1 is 1.05 bits per heavy atom. The van der Waals surface area contributed by atoms with E-state index in [2.05, 4.69) is 11.8 Å². The molecule has 2 heterocycles. The summed E-state index contributed by atoms with van der Waals surface area (Å²) in [7, 11) is 0. The molecule has 1 saturated heterocycles. The molecular formula is C19H15NO2. The summed E-state index contributed by atoms with van der Waals surface area (Å²) in [6, 6.07) is 17.4. The Hall–Kier alpha value is -2.57. The number of hydrogen-bond acceptors (Lipinski definition) is 2. The van der Waals surface area contributed by atoms with Crippen molar-refractivity contribution in [3.8, 4) is 11.8 Å². The number of amides is 1. The normalized spacial score (nSPS) is 22.5. The van der Waals surface area contributed by atoms with Crippen LogP contribution in [-0.2, 0) is 10.5 Å². The molecule has 0 radical (unpaired) electrons. The fourth-order valence-electron chi connectivity index (χ4n) is 3.11. The zero-order valence-corrected chi connectivity index (χ0v) is 12.1. The van der Waals surface area contributed by atoms with Gasteiger partial charge in [0.2, 0.25) is 5.72 Å². The van der Waals surface area contributed by atoms with Gasteiger partial charge < -0.3 is 4.74 Å². The molecule has 108 valence electrons. The first-order valence-corrected chi connectivity index (χ1v) is 7.45. The molecule has 0 bridgehead atoms. The third kappa shape index (κ3) is 1.85. The second-order valence-electron chi connectivity index (χ2n) is 5.46. The number of nitrogens with zero attached hydrogens (tertiary/aromatic N) is 1. The van der Waals surface area contributed by atoms with Gasteiger partial charge in [0.15, 0.2) is 0 Å². The average molecular weight is 289 g/mol. The summed E-state index contributed by atoms with van der Waals surface area (Å²) in [6.07, 6.45) is 0.842. The van der Waals surface area contributed by atoms with Crippen molar-refractivity contribution in [2.45, 2.75) is 12.1 Å². The lowest BCUT2D eigenvalue weighted by molar-refractivity contribution is -0.125. The van der Waals surface area contributed by atoms with Crippen molar-refractivity contribution in [1.29, 1.82) is 0 Å². The van der Waals surface area contributed by atoms with Crippen LogP contribution in [-0.4, -0.2) is 24.0 Å². The van der Waals surface area contributed by atoms with E-state index in [1.807, 2.05) is 54.6 Å². The van der Waals surface area contributed by atoms with Gasteiger partial charge in [-0.15, -0.1) is 0 Å². The van der Waals surface area contributed by atoms with Crippen LogP contribution >= 0.6 is 0 Å². The van der Waals surface area contributed by atoms with E-state index in [1.165, 1.54) is 0 Å². The van der Waals surface area contributed by atoms with E-state index in [0.29, 0.717) is 18.7 Å². The second kappa shape index (κ2) is 5.01. The van der Waals surface area contributed by atoms with Crippen LogP contribution in [0.5, 0.6) is 0 Å². The number of carbonyl (C=O) groups excluding carboxylic acids is 1. The summed E-state index contributed by atoms with van der Waals surface area (Å²) in [5.74, 6) is 6.41. The van der Waals surface area contributed by atoms with Gasteiger partial charge in [-0.1, -0.05) is 42.3 Å². The number of benzene rings is 2. The predicted octanol–water partition coefficient (Wildman–Crippen LogP) is 2.77. The minimum Gasteiger partial charge on any atom is -0.341 e. The van der Waals surface area contributed by atoms with Crippen LogP contribution in [0.2, 0.25) is 0 Å². The van der Waals surface area contributed by atoms with Crippen molar-refractivity contribution in [3.63, 3.8) is 0 Å². The van der Waals surface area contributed by atoms with E-state index in [0.717, 1.165) is 17.5 Å². The van der Waals surface area contributed by atoms with Gasteiger partial charge in [-0.2, -0.15) is 0 Å². The second-order valence-corrected chi connectivity index (χ2v) is 5.46. The maximum absolute atomic E-state index is 12.6. The predicted molar refractivity (Wildman–Crippen MR) is 83.0 cm³/mol. The van der Waals surface area contributed by atoms with Crippen LogP contribution in [0.1, 0.15) is 27.9 Å². The lowest BCUT2D eigenvalue weighted by Gasteiger charge is -2.38. The minimum atomic E-state index is -0.929. The maximum Gasteiger partial charge on any atom is 0.257 e. The van der Waals surface area contributed by atoms with E-state index in [9.17, 15) is 4.79 Å². The summed E-state index contributed by atoms with van der Waals surface area (Å²) >= 11 is 0. The molecule has 2 aliphatic heterocycles. The van der Waals surface area contributed by atoms with Gasteiger partial charge in [-0.3, -0.25) is 9.69 Å². The van der Waals surface area contributed by atoms with Gasteiger partial charge in [0.1, 0.15) is 0 Å². The molecule has 2 aromatic rings. The molecule has 0 unspecified atom stereocenters. The van der Waals surface area contributed by atoms with E-state index in [-0.39, 0.29) is 5.91 Å². The quantitative estimate of drug-likeness (QED) is 0.698. The van der Waals surface area contributed by atoms with Crippen LogP contribution in [0.4, 0.5) is 0 Å². The maximum atomic E-state index is 12.6. The third-order valence-electron chi connectivity index (χ3n) is 4.13. The Labute approximate surface area is 129 Å². The first-order valence-electron chi connectivity index (χ1n) is 7.45. The van der Waals surface area contributed by atoms with Crippen LogP contribution < -0.4 is 0 Å². The fraction of sp³-hybridized carbons (Fsp3) is 0.211. The molecule has 1 fully saturated rings. The van der Waals surface area contributed by atoms with Crippen LogP contribution in [0.25, 0.3) is 0 Å². The summed E-state index contributed by atoms with van der Waals surface area (Å²) in [5.41, 5.74) is 1.56. The zero-order chi connectivity index (χ0) is 15.0. The van der Waals surface area contributed by atoms with Crippen molar-refractivity contribution in [3.05, 3.63) is 71.3 Å². The van der Waals surface area contributed by atoms with Crippen LogP contribution in [0.15, 0.2) is 54.6 Å². The summed E-state index contributed by atoms with van der Waals surface area (Å²) in [4.78, 5) is 14.4. The smallest absolute Gasteiger partial charge is 0.257 e. The Kier molecular flexibility index (Phi) is 2.99. The van der Waals surface area contributed by atoms with Crippen molar-refractivity contribution in [2.75, 3.05) is 13.2 Å². The van der Waals surface area contributed by atoms with Gasteiger partial charge in [0.05, 0.1) is 6.61 Å². The SMILES string of the molecule is O=C1c2ccccc2[C@@]2(C#Cc3ccccc3)OCCCN12. The van der Waals surface area contributed by atoms with Crippen molar-refractivity contribution in [1.82, 2.24) is 4.90 Å². The fourth-order valence-corrected chi connectivity index (χ4v) is 3.11. The molecule has 22 heavy (non-hydrogen) atoms. The molecule has 0 aromatic heterocycles. The number of rotatable bonds is 0.